The van der Waals surface area contributed by atoms with Gasteiger partial charge in [0.15, 0.2) is 0 Å². The van der Waals surface area contributed by atoms with Gasteiger partial charge in [0.25, 0.3) is 0 Å². The van der Waals surface area contributed by atoms with Crippen molar-refractivity contribution in [3.63, 3.8) is 0 Å². The molecule has 15 heavy (non-hydrogen) atoms. The van der Waals surface area contributed by atoms with Crippen molar-refractivity contribution in [2.24, 2.45) is 5.73 Å². The predicted octanol–water partition coefficient (Wildman–Crippen LogP) is 1.28. The Morgan fingerprint density at radius 2 is 2.53 bits per heavy atom. The fraction of sp³-hybridized carbons (Fsp3) is 0.600. The Kier molecular flexibility index (Phi) is 5.28. The van der Waals surface area contributed by atoms with Gasteiger partial charge in [-0.15, -0.1) is 11.3 Å². The third-order valence-electron chi connectivity index (χ3n) is 2.06. The van der Waals surface area contributed by atoms with Gasteiger partial charge in [-0.25, -0.2) is 4.98 Å². The molecule has 84 valence electrons. The predicted molar refractivity (Wildman–Crippen MR) is 61.5 cm³/mol. The number of nitrogens with zero attached hydrogens (tertiary/aromatic N) is 1. The molecule has 3 N–H and O–H groups in total. The Hall–Kier alpha value is -0.940. The van der Waals surface area contributed by atoms with Crippen LogP contribution in [0.1, 0.15) is 31.9 Å². The second kappa shape index (κ2) is 6.53. The van der Waals surface area contributed by atoms with Gasteiger partial charge in [0.05, 0.1) is 17.7 Å². The molecule has 5 heteroatoms. The summed E-state index contributed by atoms with van der Waals surface area (Å²) in [4.78, 5) is 15.5. The van der Waals surface area contributed by atoms with Gasteiger partial charge in [-0.2, -0.15) is 0 Å². The van der Waals surface area contributed by atoms with Crippen molar-refractivity contribution < 1.29 is 4.79 Å². The summed E-state index contributed by atoms with van der Waals surface area (Å²) in [6, 6.07) is -0.0227. The fourth-order valence-electron chi connectivity index (χ4n) is 1.30. The van der Waals surface area contributed by atoms with E-state index < -0.39 is 0 Å². The molecular weight excluding hydrogens is 210 g/mol. The first-order chi connectivity index (χ1) is 7.22. The summed E-state index contributed by atoms with van der Waals surface area (Å²) < 4.78 is 0. The van der Waals surface area contributed by atoms with Crippen LogP contribution in [0.25, 0.3) is 0 Å². The first-order valence-corrected chi connectivity index (χ1v) is 6.06. The highest BCUT2D eigenvalue weighted by Crippen LogP contribution is 2.01. The summed E-state index contributed by atoms with van der Waals surface area (Å²) in [5.41, 5.74) is 8.41. The molecule has 1 aromatic rings. The highest BCUT2D eigenvalue weighted by molar-refractivity contribution is 7.07. The molecule has 1 amide bonds. The molecule has 0 aliphatic heterocycles. The van der Waals surface area contributed by atoms with Gasteiger partial charge < -0.3 is 11.1 Å². The molecule has 0 saturated heterocycles. The summed E-state index contributed by atoms with van der Waals surface area (Å²) in [6.07, 6.45) is 2.31. The van der Waals surface area contributed by atoms with Crippen LogP contribution in [0.2, 0.25) is 0 Å². The van der Waals surface area contributed by atoms with E-state index >= 15 is 0 Å². The Labute approximate surface area is 93.9 Å². The first kappa shape index (κ1) is 12.1. The van der Waals surface area contributed by atoms with Crippen molar-refractivity contribution in [2.45, 2.75) is 38.8 Å². The molecule has 1 unspecified atom stereocenters. The highest BCUT2D eigenvalue weighted by Gasteiger charge is 2.08. The number of thiazole rings is 1. The number of amides is 1. The minimum atomic E-state index is -0.0227. The minimum absolute atomic E-state index is 0.00366. The molecule has 1 atom stereocenters. The Balaban J connectivity index is 2.19. The maximum atomic E-state index is 11.4. The average molecular weight is 227 g/mol. The summed E-state index contributed by atoms with van der Waals surface area (Å²) in [5.74, 6) is 0.00366. The minimum Gasteiger partial charge on any atom is -0.350 e. The van der Waals surface area contributed by atoms with Crippen molar-refractivity contribution in [3.05, 3.63) is 16.6 Å². The Morgan fingerprint density at radius 1 is 1.73 bits per heavy atom. The number of carbonyl (C=O) groups excluding carboxylic acids is 1. The zero-order chi connectivity index (χ0) is 11.1. The first-order valence-electron chi connectivity index (χ1n) is 5.11. The lowest BCUT2D eigenvalue weighted by molar-refractivity contribution is -0.121. The van der Waals surface area contributed by atoms with E-state index in [1.165, 1.54) is 11.3 Å². The second-order valence-electron chi connectivity index (χ2n) is 3.51. The zero-order valence-electron chi connectivity index (χ0n) is 8.90. The summed E-state index contributed by atoms with van der Waals surface area (Å²) in [6.45, 7) is 2.56. The normalized spacial score (nSPS) is 12.4. The molecule has 0 aromatic carbocycles. The standard InChI is InChI=1S/C10H17N3OS/c1-2-3-8(11)4-10(14)12-5-9-6-15-7-13-9/h6-8H,2-5,11H2,1H3,(H,12,14). The number of hydrogen-bond acceptors (Lipinski definition) is 4. The van der Waals surface area contributed by atoms with Crippen LogP contribution in [0.5, 0.6) is 0 Å². The van der Waals surface area contributed by atoms with Gasteiger partial charge in [0.1, 0.15) is 0 Å². The third-order valence-corrected chi connectivity index (χ3v) is 2.69. The lowest BCUT2D eigenvalue weighted by atomic mass is 10.1. The Morgan fingerprint density at radius 3 is 3.13 bits per heavy atom. The van der Waals surface area contributed by atoms with Crippen LogP contribution >= 0.6 is 11.3 Å². The highest BCUT2D eigenvalue weighted by atomic mass is 32.1. The number of hydrogen-bond donors (Lipinski definition) is 2. The molecule has 1 heterocycles. The maximum Gasteiger partial charge on any atom is 0.221 e. The van der Waals surface area contributed by atoms with Crippen molar-refractivity contribution in [3.8, 4) is 0 Å². The number of nitrogens with two attached hydrogens (primary N) is 1. The molecule has 0 aliphatic rings. The van der Waals surface area contributed by atoms with E-state index in [9.17, 15) is 4.79 Å². The molecule has 4 nitrogen and oxygen atoms in total. The number of rotatable bonds is 6. The molecular formula is C10H17N3OS. The Bertz CT molecular complexity index is 287. The topological polar surface area (TPSA) is 68.0 Å². The van der Waals surface area contributed by atoms with E-state index in [0.29, 0.717) is 13.0 Å². The lowest BCUT2D eigenvalue weighted by Crippen LogP contribution is -2.31. The van der Waals surface area contributed by atoms with E-state index in [2.05, 4.69) is 17.2 Å². The van der Waals surface area contributed by atoms with E-state index in [1.807, 2.05) is 5.38 Å². The van der Waals surface area contributed by atoms with Gasteiger partial charge in [-0.3, -0.25) is 4.79 Å². The number of carbonyl (C=O) groups is 1. The van der Waals surface area contributed by atoms with Crippen molar-refractivity contribution >= 4 is 17.2 Å². The average Bonchev–Trinajstić information content (AvgIpc) is 2.67. The van der Waals surface area contributed by atoms with Gasteiger partial charge in [-0.05, 0) is 6.42 Å². The van der Waals surface area contributed by atoms with Gasteiger partial charge in [0, 0.05) is 17.8 Å². The molecule has 0 spiro atoms. The number of nitrogens with one attached hydrogen (secondary N) is 1. The van der Waals surface area contributed by atoms with Crippen LogP contribution in [-0.2, 0) is 11.3 Å². The molecule has 0 bridgehead atoms. The fourth-order valence-corrected chi connectivity index (χ4v) is 1.86. The van der Waals surface area contributed by atoms with Crippen LogP contribution in [0.15, 0.2) is 10.9 Å². The number of aromatic nitrogens is 1. The molecule has 0 aliphatic carbocycles. The van der Waals surface area contributed by atoms with Crippen LogP contribution < -0.4 is 11.1 Å². The van der Waals surface area contributed by atoms with Crippen LogP contribution in [0.3, 0.4) is 0 Å². The lowest BCUT2D eigenvalue weighted by Gasteiger charge is -2.09. The van der Waals surface area contributed by atoms with Gasteiger partial charge >= 0.3 is 0 Å². The largest absolute Gasteiger partial charge is 0.350 e. The smallest absolute Gasteiger partial charge is 0.221 e. The second-order valence-corrected chi connectivity index (χ2v) is 4.23. The van der Waals surface area contributed by atoms with Crippen LogP contribution in [0.4, 0.5) is 0 Å². The van der Waals surface area contributed by atoms with Crippen molar-refractivity contribution in [2.75, 3.05) is 0 Å². The summed E-state index contributed by atoms with van der Waals surface area (Å²) >= 11 is 1.53. The van der Waals surface area contributed by atoms with E-state index in [1.54, 1.807) is 5.51 Å². The van der Waals surface area contributed by atoms with E-state index in [4.69, 9.17) is 5.73 Å². The zero-order valence-corrected chi connectivity index (χ0v) is 9.72. The van der Waals surface area contributed by atoms with Gasteiger partial charge in [0.2, 0.25) is 5.91 Å². The van der Waals surface area contributed by atoms with Crippen LogP contribution in [0, 0.1) is 0 Å². The maximum absolute atomic E-state index is 11.4. The molecule has 1 aromatic heterocycles. The molecule has 0 saturated carbocycles. The van der Waals surface area contributed by atoms with Crippen molar-refractivity contribution in [1.29, 1.82) is 0 Å². The van der Waals surface area contributed by atoms with Crippen LogP contribution in [-0.4, -0.2) is 16.9 Å². The summed E-state index contributed by atoms with van der Waals surface area (Å²) in [5, 5.41) is 4.72. The summed E-state index contributed by atoms with van der Waals surface area (Å²) in [7, 11) is 0. The van der Waals surface area contributed by atoms with E-state index in [-0.39, 0.29) is 11.9 Å². The SMILES string of the molecule is CCCC(N)CC(=O)NCc1cscn1. The monoisotopic (exact) mass is 227 g/mol. The van der Waals surface area contributed by atoms with Crippen molar-refractivity contribution in [1.82, 2.24) is 10.3 Å². The molecule has 0 fully saturated rings. The van der Waals surface area contributed by atoms with E-state index in [0.717, 1.165) is 18.5 Å². The van der Waals surface area contributed by atoms with Gasteiger partial charge in [-0.1, -0.05) is 13.3 Å². The molecule has 0 radical (unpaired) electrons. The quantitative estimate of drug-likeness (QED) is 0.769. The molecule has 1 rings (SSSR count). The third kappa shape index (κ3) is 4.90.